The predicted molar refractivity (Wildman–Crippen MR) is 350 cm³/mol. The Morgan fingerprint density at radius 3 is 1.29 bits per heavy atom. The molecule has 0 unspecified atom stereocenters. The second kappa shape index (κ2) is 32.1. The monoisotopic (exact) mass is 1120 g/mol. The normalized spacial score (nSPS) is 9.95. The van der Waals surface area contributed by atoms with E-state index in [0.29, 0.717) is 0 Å². The van der Waals surface area contributed by atoms with E-state index in [9.17, 15) is 0 Å². The van der Waals surface area contributed by atoms with Gasteiger partial charge in [0.25, 0.3) is 0 Å². The van der Waals surface area contributed by atoms with E-state index in [1.807, 2.05) is 47.8 Å². The summed E-state index contributed by atoms with van der Waals surface area (Å²) in [7, 11) is 0. The molecule has 6 aromatic carbocycles. The molecule has 0 radical (unpaired) electrons. The van der Waals surface area contributed by atoms with Crippen molar-refractivity contribution in [2.75, 3.05) is 0 Å². The first-order valence-corrected chi connectivity index (χ1v) is 30.7. The largest absolute Gasteiger partial charge is 0.472 e. The van der Waals surface area contributed by atoms with E-state index in [-0.39, 0.29) is 0 Å². The lowest BCUT2D eigenvalue weighted by molar-refractivity contribution is 0.565. The molecule has 0 amide bonds. The molecule has 7 heteroatoms. The van der Waals surface area contributed by atoms with E-state index in [1.54, 1.807) is 57.9 Å². The number of rotatable bonds is 3. The Bertz CT molecular complexity index is 3350. The molecule has 0 atom stereocenters. The average Bonchev–Trinajstić information content (AvgIpc) is 4.34. The van der Waals surface area contributed by atoms with Gasteiger partial charge in [-0.05, 0) is 223 Å². The van der Waals surface area contributed by atoms with Crippen molar-refractivity contribution < 1.29 is 4.42 Å². The summed E-state index contributed by atoms with van der Waals surface area (Å²) in [6, 6.07) is 70.5. The van der Waals surface area contributed by atoms with Crippen LogP contribution in [0.4, 0.5) is 0 Å². The number of hydrogen-bond acceptors (Lipinski definition) is 7. The second-order valence-corrected chi connectivity index (χ2v) is 25.3. The molecule has 13 aromatic rings. The molecule has 77 heavy (non-hydrogen) atoms. The SMILES string of the molecule is Cc1cc(-c2ccccc2)cs1.Cc1ccc(-c2ccccc2)s1.Cc1ccc(C)s1.Cc1cccc(-c2c3ccccc3cc3ccccc23)c1.Cc1cccs1.Cc1ccoc1.Cc1ccsc1.Cc1csc(C)c1. The van der Waals surface area contributed by atoms with Gasteiger partial charge in [-0.15, -0.1) is 56.7 Å². The number of aryl methyl sites for hydroxylation is 10. The van der Waals surface area contributed by atoms with E-state index in [1.165, 1.54) is 106 Å². The molecular formula is C70H70OS6. The van der Waals surface area contributed by atoms with Gasteiger partial charge in [0.15, 0.2) is 0 Å². The fourth-order valence-corrected chi connectivity index (χ4v) is 12.0. The van der Waals surface area contributed by atoms with E-state index >= 15 is 0 Å². The second-order valence-electron chi connectivity index (χ2n) is 18.4. The van der Waals surface area contributed by atoms with Crippen LogP contribution in [0.15, 0.2) is 244 Å². The van der Waals surface area contributed by atoms with E-state index in [4.69, 9.17) is 4.42 Å². The van der Waals surface area contributed by atoms with Crippen molar-refractivity contribution >= 4 is 89.6 Å². The first-order valence-electron chi connectivity index (χ1n) is 25.5. The van der Waals surface area contributed by atoms with Crippen LogP contribution in [0.25, 0.3) is 54.2 Å². The lowest BCUT2D eigenvalue weighted by Gasteiger charge is -2.12. The van der Waals surface area contributed by atoms with Gasteiger partial charge in [0.2, 0.25) is 0 Å². The number of thiophene rings is 6. The van der Waals surface area contributed by atoms with Crippen molar-refractivity contribution in [3.05, 3.63) is 291 Å². The Hall–Kier alpha value is -6.68. The van der Waals surface area contributed by atoms with Crippen LogP contribution in [0.5, 0.6) is 0 Å². The third-order valence-corrected chi connectivity index (χ3v) is 16.8. The Balaban J connectivity index is 0.000000150. The van der Waals surface area contributed by atoms with Crippen LogP contribution in [-0.2, 0) is 0 Å². The zero-order chi connectivity index (χ0) is 54.8. The van der Waals surface area contributed by atoms with Crippen molar-refractivity contribution in [3.8, 4) is 32.7 Å². The van der Waals surface area contributed by atoms with Gasteiger partial charge in [-0.25, -0.2) is 0 Å². The molecule has 7 aromatic heterocycles. The Labute approximate surface area is 483 Å². The summed E-state index contributed by atoms with van der Waals surface area (Å²) in [5.74, 6) is 0. The van der Waals surface area contributed by atoms with Crippen molar-refractivity contribution in [1.82, 2.24) is 0 Å². The fourth-order valence-electron chi connectivity index (χ4n) is 7.70. The first-order chi connectivity index (χ1) is 37.3. The Morgan fingerprint density at radius 1 is 0.312 bits per heavy atom. The van der Waals surface area contributed by atoms with Gasteiger partial charge in [0.05, 0.1) is 12.5 Å². The van der Waals surface area contributed by atoms with Gasteiger partial charge >= 0.3 is 0 Å². The molecule has 13 rings (SSSR count). The predicted octanol–water partition coefficient (Wildman–Crippen LogP) is 23.8. The summed E-state index contributed by atoms with van der Waals surface area (Å²) in [4.78, 5) is 9.68. The Morgan fingerprint density at radius 2 is 0.896 bits per heavy atom. The minimum absolute atomic E-state index is 1.18. The number of fused-ring (bicyclic) bond motifs is 2. The van der Waals surface area contributed by atoms with Crippen molar-refractivity contribution in [1.29, 1.82) is 0 Å². The lowest BCUT2D eigenvalue weighted by Crippen LogP contribution is -1.86. The van der Waals surface area contributed by atoms with Crippen LogP contribution in [0.2, 0.25) is 0 Å². The van der Waals surface area contributed by atoms with Crippen LogP contribution >= 0.6 is 68.0 Å². The van der Waals surface area contributed by atoms with Crippen LogP contribution in [0.1, 0.15) is 51.5 Å². The highest BCUT2D eigenvalue weighted by atomic mass is 32.1. The van der Waals surface area contributed by atoms with E-state index in [0.717, 1.165) is 0 Å². The molecule has 0 aliphatic rings. The summed E-state index contributed by atoms with van der Waals surface area (Å²) in [6.07, 6.45) is 3.37. The molecule has 0 N–H and O–H groups in total. The molecule has 0 aliphatic carbocycles. The molecule has 0 spiro atoms. The van der Waals surface area contributed by atoms with Crippen LogP contribution in [0, 0.1) is 69.2 Å². The maximum absolute atomic E-state index is 4.71. The molecule has 0 fully saturated rings. The van der Waals surface area contributed by atoms with E-state index < -0.39 is 0 Å². The quantitative estimate of drug-likeness (QED) is 0.161. The molecule has 0 saturated heterocycles. The number of furan rings is 1. The molecule has 1 nitrogen and oxygen atoms in total. The summed E-state index contributed by atoms with van der Waals surface area (Å²) < 4.78 is 4.71. The zero-order valence-electron chi connectivity index (χ0n) is 46.0. The van der Waals surface area contributed by atoms with Gasteiger partial charge in [0, 0.05) is 34.1 Å². The van der Waals surface area contributed by atoms with Crippen molar-refractivity contribution in [3.63, 3.8) is 0 Å². The third kappa shape index (κ3) is 21.0. The first kappa shape index (κ1) is 59.6. The number of benzene rings is 6. The highest BCUT2D eigenvalue weighted by Gasteiger charge is 2.09. The fraction of sp³-hybridized carbons (Fsp3) is 0.143. The summed E-state index contributed by atoms with van der Waals surface area (Å²) >= 11 is 10.8. The van der Waals surface area contributed by atoms with Gasteiger partial charge in [-0.1, -0.05) is 145 Å². The van der Waals surface area contributed by atoms with Crippen LogP contribution in [0.3, 0.4) is 0 Å². The minimum Gasteiger partial charge on any atom is -0.472 e. The van der Waals surface area contributed by atoms with E-state index in [2.05, 4.69) is 271 Å². The zero-order valence-corrected chi connectivity index (χ0v) is 50.9. The summed E-state index contributed by atoms with van der Waals surface area (Å²) in [5, 5.41) is 15.9. The molecular weight excluding hydrogens is 1050 g/mol. The Kier molecular flexibility index (Phi) is 24.9. The van der Waals surface area contributed by atoms with Crippen molar-refractivity contribution in [2.24, 2.45) is 0 Å². The number of hydrogen-bond donors (Lipinski definition) is 0. The van der Waals surface area contributed by atoms with Gasteiger partial charge < -0.3 is 4.42 Å². The van der Waals surface area contributed by atoms with Crippen LogP contribution < -0.4 is 0 Å². The third-order valence-electron chi connectivity index (χ3n) is 11.4. The van der Waals surface area contributed by atoms with Gasteiger partial charge in [-0.2, -0.15) is 11.3 Å². The van der Waals surface area contributed by atoms with Crippen molar-refractivity contribution in [2.45, 2.75) is 69.2 Å². The maximum Gasteiger partial charge on any atom is 0.0931 e. The highest BCUT2D eigenvalue weighted by Crippen LogP contribution is 2.36. The maximum atomic E-state index is 4.71. The molecule has 392 valence electrons. The summed E-state index contributed by atoms with van der Waals surface area (Å²) in [5.41, 5.74) is 11.8. The topological polar surface area (TPSA) is 13.1 Å². The smallest absolute Gasteiger partial charge is 0.0931 e. The highest BCUT2D eigenvalue weighted by molar-refractivity contribution is 7.15. The molecule has 0 bridgehead atoms. The standard InChI is InChI=1S/C21H16.2C11H10S.2C6H8S.C5H6O.2C5H6S/c1-15-7-6-10-18(13-15)21-19-11-4-2-8-16(19)14-17-9-3-5-12-20(17)21;1-9-7-11(8-12-9)10-5-3-2-4-6-10;1-9-7-8-11(12-9)10-5-3-2-4-6-10;1-5-3-6(2)7-4-5;1-5-3-4-6(2)7-5;2*1-5-2-3-6-4-5;1-5-3-2-4-6-5/h2-14H,1H3;2*2-8H,1H3;2*3-4H,1-2H3;3*2-4H,1H3. The van der Waals surface area contributed by atoms with Crippen LogP contribution in [-0.4, -0.2) is 0 Å². The van der Waals surface area contributed by atoms with Gasteiger partial charge in [0.1, 0.15) is 0 Å². The van der Waals surface area contributed by atoms with Gasteiger partial charge in [-0.3, -0.25) is 0 Å². The molecule has 0 saturated carbocycles. The average molecular weight is 1120 g/mol. The molecule has 7 heterocycles. The molecule has 0 aliphatic heterocycles. The lowest BCUT2D eigenvalue weighted by atomic mass is 9.91. The minimum atomic E-state index is 1.18. The summed E-state index contributed by atoms with van der Waals surface area (Å²) in [6.45, 7) is 21.1.